The molecule has 0 aliphatic heterocycles. The number of aromatic hydroxyl groups is 1. The number of amides is 1. The summed E-state index contributed by atoms with van der Waals surface area (Å²) < 4.78 is 0. The molecule has 158 valence electrons. The Balaban J connectivity index is 1.91. The molecule has 1 heterocycles. The average molecular weight is 409 g/mol. The Morgan fingerprint density at radius 3 is 2.80 bits per heavy atom. The van der Waals surface area contributed by atoms with E-state index in [1.54, 1.807) is 19.1 Å². The van der Waals surface area contributed by atoms with Crippen molar-refractivity contribution in [3.05, 3.63) is 63.7 Å². The zero-order chi connectivity index (χ0) is 21.8. The van der Waals surface area contributed by atoms with E-state index in [2.05, 4.69) is 22.2 Å². The summed E-state index contributed by atoms with van der Waals surface area (Å²) >= 11 is 0. The van der Waals surface area contributed by atoms with E-state index in [9.17, 15) is 14.7 Å². The van der Waals surface area contributed by atoms with Crippen molar-refractivity contribution in [3.8, 4) is 17.0 Å². The van der Waals surface area contributed by atoms with Crippen LogP contribution in [0, 0.1) is 12.8 Å². The lowest BCUT2D eigenvalue weighted by Gasteiger charge is -2.20. The molecule has 1 aromatic carbocycles. The number of hydrogen-bond acceptors (Lipinski definition) is 5. The van der Waals surface area contributed by atoms with Crippen molar-refractivity contribution in [2.45, 2.75) is 20.3 Å². The molecule has 3 N–H and O–H groups in total. The molecule has 2 aromatic rings. The summed E-state index contributed by atoms with van der Waals surface area (Å²) in [5.74, 6) is 0.210. The summed E-state index contributed by atoms with van der Waals surface area (Å²) in [5, 5.41) is 12.7. The average Bonchev–Trinajstić information content (AvgIpc) is 2.69. The Morgan fingerprint density at radius 2 is 2.10 bits per heavy atom. The molecule has 30 heavy (non-hydrogen) atoms. The Morgan fingerprint density at radius 1 is 1.33 bits per heavy atom. The quantitative estimate of drug-likeness (QED) is 0.682. The molecule has 0 unspecified atom stereocenters. The number of allylic oxidation sites excluding steroid dienone is 2. The normalized spacial score (nSPS) is 16.2. The van der Waals surface area contributed by atoms with Gasteiger partial charge < -0.3 is 20.3 Å². The predicted octanol–water partition coefficient (Wildman–Crippen LogP) is 2.48. The third kappa shape index (κ3) is 5.04. The van der Waals surface area contributed by atoms with Crippen LogP contribution in [0.25, 0.3) is 16.8 Å². The van der Waals surface area contributed by atoms with Gasteiger partial charge in [-0.25, -0.2) is 4.79 Å². The number of nitrogens with one attached hydrogen (secondary N) is 2. The molecule has 0 radical (unpaired) electrons. The van der Waals surface area contributed by atoms with Gasteiger partial charge in [-0.3, -0.25) is 4.79 Å². The Hall–Kier alpha value is -3.19. The molecule has 1 amide bonds. The minimum Gasteiger partial charge on any atom is -0.508 e. The van der Waals surface area contributed by atoms with Gasteiger partial charge in [0.25, 0.3) is 5.91 Å². The largest absolute Gasteiger partial charge is 0.508 e. The monoisotopic (exact) mass is 408 g/mol. The van der Waals surface area contributed by atoms with E-state index in [1.807, 2.05) is 43.3 Å². The van der Waals surface area contributed by atoms with Crippen LogP contribution in [-0.4, -0.2) is 53.1 Å². The molecule has 0 saturated carbocycles. The van der Waals surface area contributed by atoms with E-state index in [4.69, 9.17) is 0 Å². The number of nitrogens with zero attached hydrogens (tertiary/aromatic N) is 2. The van der Waals surface area contributed by atoms with Crippen LogP contribution in [-0.2, 0) is 4.79 Å². The number of hydrogen-bond donors (Lipinski definition) is 3. The second kappa shape index (κ2) is 9.09. The van der Waals surface area contributed by atoms with Crippen LogP contribution in [0.3, 0.4) is 0 Å². The Labute approximate surface area is 176 Å². The molecule has 1 aliphatic carbocycles. The number of likely N-dealkylation sites (N-methyl/N-ethyl adjacent to an activating group) is 1. The van der Waals surface area contributed by atoms with Gasteiger partial charge in [0.05, 0.1) is 11.4 Å². The first-order valence-electron chi connectivity index (χ1n) is 10.0. The van der Waals surface area contributed by atoms with Gasteiger partial charge in [-0.15, -0.1) is 0 Å². The molecule has 3 rings (SSSR count). The van der Waals surface area contributed by atoms with Crippen molar-refractivity contribution >= 4 is 11.5 Å². The fraction of sp³-hybridized carbons (Fsp3) is 0.348. The number of aryl methyl sites for hydroxylation is 1. The summed E-state index contributed by atoms with van der Waals surface area (Å²) in [6.45, 7) is 5.18. The molecule has 7 heteroatoms. The van der Waals surface area contributed by atoms with E-state index in [0.29, 0.717) is 29.9 Å². The molecular formula is C23H28N4O3. The number of phenolic OH excluding ortho intramolecular Hbond substituents is 1. The van der Waals surface area contributed by atoms with Crippen LogP contribution in [0.2, 0.25) is 0 Å². The lowest BCUT2D eigenvalue weighted by molar-refractivity contribution is -0.117. The zero-order valence-electron chi connectivity index (χ0n) is 17.8. The highest BCUT2D eigenvalue weighted by atomic mass is 16.3. The van der Waals surface area contributed by atoms with E-state index < -0.39 is 5.69 Å². The lowest BCUT2D eigenvalue weighted by atomic mass is 9.87. The van der Waals surface area contributed by atoms with E-state index >= 15 is 0 Å². The number of H-pyrrole nitrogens is 1. The first kappa shape index (κ1) is 21.5. The molecule has 0 saturated heterocycles. The second-order valence-electron chi connectivity index (χ2n) is 7.94. The summed E-state index contributed by atoms with van der Waals surface area (Å²) in [6, 6.07) is 6.99. The molecule has 7 nitrogen and oxygen atoms in total. The summed E-state index contributed by atoms with van der Waals surface area (Å²) in [7, 11) is 3.91. The van der Waals surface area contributed by atoms with Crippen molar-refractivity contribution in [2.75, 3.05) is 27.2 Å². The zero-order valence-corrected chi connectivity index (χ0v) is 17.8. The van der Waals surface area contributed by atoms with Gasteiger partial charge in [0.2, 0.25) is 0 Å². The van der Waals surface area contributed by atoms with Gasteiger partial charge in [0.15, 0.2) is 0 Å². The van der Waals surface area contributed by atoms with Gasteiger partial charge in [0.1, 0.15) is 5.75 Å². The van der Waals surface area contributed by atoms with E-state index in [-0.39, 0.29) is 17.6 Å². The van der Waals surface area contributed by atoms with Crippen LogP contribution in [0.4, 0.5) is 0 Å². The van der Waals surface area contributed by atoms with Crippen molar-refractivity contribution in [1.29, 1.82) is 0 Å². The number of aromatic nitrogens is 2. The molecule has 1 aliphatic rings. The topological polar surface area (TPSA) is 98.3 Å². The van der Waals surface area contributed by atoms with Crippen LogP contribution < -0.4 is 11.0 Å². The first-order chi connectivity index (χ1) is 14.2. The molecule has 0 spiro atoms. The van der Waals surface area contributed by atoms with Crippen LogP contribution >= 0.6 is 0 Å². The van der Waals surface area contributed by atoms with Gasteiger partial charge >= 0.3 is 5.69 Å². The van der Waals surface area contributed by atoms with Crippen LogP contribution in [0.5, 0.6) is 5.75 Å². The van der Waals surface area contributed by atoms with E-state index in [1.165, 1.54) is 0 Å². The fourth-order valence-corrected chi connectivity index (χ4v) is 3.36. The molecule has 1 aromatic heterocycles. The maximum absolute atomic E-state index is 12.5. The Bertz CT molecular complexity index is 1070. The maximum Gasteiger partial charge on any atom is 0.345 e. The lowest BCUT2D eigenvalue weighted by Crippen LogP contribution is -2.32. The van der Waals surface area contributed by atoms with Crippen molar-refractivity contribution < 1.29 is 9.90 Å². The van der Waals surface area contributed by atoms with Gasteiger partial charge in [-0.05, 0) is 80.4 Å². The fourth-order valence-electron chi connectivity index (χ4n) is 3.36. The molecule has 1 atom stereocenters. The third-order valence-corrected chi connectivity index (χ3v) is 5.19. The van der Waals surface area contributed by atoms with Gasteiger partial charge in [-0.1, -0.05) is 13.0 Å². The summed E-state index contributed by atoms with van der Waals surface area (Å²) in [6.07, 6.45) is 4.45. The summed E-state index contributed by atoms with van der Waals surface area (Å²) in [4.78, 5) is 33.7. The number of rotatable bonds is 6. The number of aromatic amines is 1. The van der Waals surface area contributed by atoms with Gasteiger partial charge in [0, 0.05) is 18.7 Å². The number of benzene rings is 1. The van der Waals surface area contributed by atoms with Crippen molar-refractivity contribution in [3.63, 3.8) is 0 Å². The SMILES string of the molecule is Cc1cc(-c2cc(C3=CC(C(=O)NCCN(C)C)=CC[C@H]3C)nc(=O)[nH]2)ccc1O. The number of carbonyl (C=O) groups excluding carboxylic acids is 1. The van der Waals surface area contributed by atoms with Crippen molar-refractivity contribution in [2.24, 2.45) is 5.92 Å². The number of carbonyl (C=O) groups is 1. The third-order valence-electron chi connectivity index (χ3n) is 5.19. The first-order valence-corrected chi connectivity index (χ1v) is 10.0. The van der Waals surface area contributed by atoms with Crippen molar-refractivity contribution in [1.82, 2.24) is 20.2 Å². The highest BCUT2D eigenvalue weighted by Gasteiger charge is 2.21. The smallest absolute Gasteiger partial charge is 0.345 e. The highest BCUT2D eigenvalue weighted by molar-refractivity contribution is 5.98. The molecule has 0 bridgehead atoms. The minimum absolute atomic E-state index is 0.125. The molecule has 0 fully saturated rings. The van der Waals surface area contributed by atoms with Crippen LogP contribution in [0.15, 0.2) is 46.8 Å². The molecular weight excluding hydrogens is 380 g/mol. The van der Waals surface area contributed by atoms with Gasteiger partial charge in [-0.2, -0.15) is 4.98 Å². The van der Waals surface area contributed by atoms with Crippen LogP contribution in [0.1, 0.15) is 24.6 Å². The number of phenols is 1. The standard InChI is InChI=1S/C23H28N4O3/c1-14-5-6-17(22(29)24-9-10-27(3)4)12-18(14)20-13-19(25-23(30)26-20)16-7-8-21(28)15(2)11-16/h6-8,11-14,28H,5,9-10H2,1-4H3,(H,24,29)(H,25,26,30)/t14-/m1/s1. The predicted molar refractivity (Wildman–Crippen MR) is 118 cm³/mol. The summed E-state index contributed by atoms with van der Waals surface area (Å²) in [5.41, 5.74) is 3.67. The second-order valence-corrected chi connectivity index (χ2v) is 7.94. The highest BCUT2D eigenvalue weighted by Crippen LogP contribution is 2.32. The van der Waals surface area contributed by atoms with E-state index in [0.717, 1.165) is 23.2 Å². The maximum atomic E-state index is 12.5. The Kier molecular flexibility index (Phi) is 6.52. The minimum atomic E-state index is -0.451.